The first-order valence-corrected chi connectivity index (χ1v) is 25.4. The molecule has 0 fully saturated rings. The summed E-state index contributed by atoms with van der Waals surface area (Å²) < 4.78 is 35.0. The fraction of sp³-hybridized carbons (Fsp3) is 0.816. The number of quaternary nitrogens is 1. The van der Waals surface area contributed by atoms with Crippen molar-refractivity contribution in [2.24, 2.45) is 0 Å². The molecule has 0 heterocycles. The Labute approximate surface area is 358 Å². The number of rotatable bonds is 44. The second-order valence-electron chi connectivity index (χ2n) is 17.1. The molecule has 0 bridgehead atoms. The van der Waals surface area contributed by atoms with Crippen molar-refractivity contribution >= 4 is 13.8 Å². The van der Waals surface area contributed by atoms with Gasteiger partial charge in [0.2, 0.25) is 0 Å². The summed E-state index contributed by atoms with van der Waals surface area (Å²) in [5.74, 6) is -0.324. The second-order valence-corrected chi connectivity index (χ2v) is 18.6. The van der Waals surface area contributed by atoms with Gasteiger partial charge in [0.25, 0.3) is 0 Å². The molecule has 0 saturated heterocycles. The van der Waals surface area contributed by atoms with Crippen molar-refractivity contribution in [2.45, 2.75) is 206 Å². The van der Waals surface area contributed by atoms with Gasteiger partial charge >= 0.3 is 13.8 Å². The number of phosphoric acid groups is 1. The number of hydrogen-bond acceptors (Lipinski definition) is 6. The van der Waals surface area contributed by atoms with E-state index in [9.17, 15) is 14.3 Å². The lowest BCUT2D eigenvalue weighted by molar-refractivity contribution is -0.870. The van der Waals surface area contributed by atoms with Gasteiger partial charge in [0.05, 0.1) is 34.4 Å². The highest BCUT2D eigenvalue weighted by atomic mass is 31.2. The number of allylic oxidation sites excluding steroid dienone is 8. The van der Waals surface area contributed by atoms with Crippen LogP contribution in [0.1, 0.15) is 200 Å². The van der Waals surface area contributed by atoms with E-state index in [-0.39, 0.29) is 25.8 Å². The Morgan fingerprint density at radius 3 is 1.47 bits per heavy atom. The molecule has 1 N–H and O–H groups in total. The molecule has 9 heteroatoms. The number of likely N-dealkylation sites (N-methyl/N-ethyl adjacent to an activating group) is 1. The van der Waals surface area contributed by atoms with Crippen molar-refractivity contribution in [1.29, 1.82) is 0 Å². The number of carbonyl (C=O) groups is 1. The predicted octanol–water partition coefficient (Wildman–Crippen LogP) is 14.3. The van der Waals surface area contributed by atoms with Crippen molar-refractivity contribution < 1.29 is 37.3 Å². The first-order chi connectivity index (χ1) is 28.1. The van der Waals surface area contributed by atoms with Crippen LogP contribution in [0.15, 0.2) is 48.6 Å². The van der Waals surface area contributed by atoms with Gasteiger partial charge in [0.1, 0.15) is 19.3 Å². The van der Waals surface area contributed by atoms with E-state index in [1.807, 2.05) is 21.1 Å². The number of esters is 1. The Hall–Kier alpha value is -1.54. The Balaban J connectivity index is 4.17. The Morgan fingerprint density at radius 1 is 0.534 bits per heavy atom. The maximum absolute atomic E-state index is 12.7. The summed E-state index contributed by atoms with van der Waals surface area (Å²) >= 11 is 0. The van der Waals surface area contributed by atoms with Crippen LogP contribution >= 0.6 is 7.82 Å². The number of unbranched alkanes of at least 4 members (excludes halogenated alkanes) is 22. The molecule has 0 aromatic heterocycles. The van der Waals surface area contributed by atoms with Crippen LogP contribution in [0, 0.1) is 0 Å². The normalized spacial score (nSPS) is 14.1. The van der Waals surface area contributed by atoms with Gasteiger partial charge in [-0.1, -0.05) is 165 Å². The Bertz CT molecular complexity index is 1070. The zero-order valence-electron chi connectivity index (χ0n) is 38.5. The van der Waals surface area contributed by atoms with Crippen molar-refractivity contribution in [2.75, 3.05) is 54.1 Å². The van der Waals surface area contributed by atoms with E-state index in [1.165, 1.54) is 128 Å². The van der Waals surface area contributed by atoms with E-state index >= 15 is 0 Å². The lowest BCUT2D eigenvalue weighted by Crippen LogP contribution is -2.37. The van der Waals surface area contributed by atoms with Crippen LogP contribution in [-0.2, 0) is 27.9 Å². The average molecular weight is 839 g/mol. The van der Waals surface area contributed by atoms with E-state index < -0.39 is 13.9 Å². The molecule has 0 spiro atoms. The molecule has 58 heavy (non-hydrogen) atoms. The highest BCUT2D eigenvalue weighted by Gasteiger charge is 2.26. The standard InChI is InChI=1S/C49H92NO7P/c1-6-8-10-12-14-16-18-20-21-22-23-24-25-26-27-28-29-30-32-34-36-38-40-42-49(51)57-48(47-56-58(52,53)55-45-43-50(3,4)5)46-54-44-41-39-37-35-33-31-19-17-15-13-11-9-7-2/h15,17-18,20,22-23,25-26,48H,6-14,16,19,21,24,27-47H2,1-5H3/p+1/b17-15-,20-18-,23-22-,26-25-. The fourth-order valence-electron chi connectivity index (χ4n) is 6.38. The molecular formula is C49H93NO7P+. The minimum absolute atomic E-state index is 0.0846. The summed E-state index contributed by atoms with van der Waals surface area (Å²) in [5.41, 5.74) is 0. The maximum atomic E-state index is 12.7. The van der Waals surface area contributed by atoms with Gasteiger partial charge in [0.15, 0.2) is 0 Å². The SMILES string of the molecule is CCCCC/C=C\CCCCCCCCOCC(COP(=O)(O)OCC[N+](C)(C)C)OC(=O)CCCCCCCCCC/C=C\C/C=C\C/C=C\CCCCCCC. The predicted molar refractivity (Wildman–Crippen MR) is 247 cm³/mol. The summed E-state index contributed by atoms with van der Waals surface area (Å²) in [7, 11) is 1.66. The zero-order valence-corrected chi connectivity index (χ0v) is 39.4. The summed E-state index contributed by atoms with van der Waals surface area (Å²) in [6.45, 7) is 5.57. The highest BCUT2D eigenvalue weighted by Crippen LogP contribution is 2.43. The second kappa shape index (κ2) is 42.2. The Kier molecular flexibility index (Phi) is 41.0. The fourth-order valence-corrected chi connectivity index (χ4v) is 7.12. The van der Waals surface area contributed by atoms with E-state index in [0.717, 1.165) is 51.4 Å². The minimum Gasteiger partial charge on any atom is -0.457 e. The lowest BCUT2D eigenvalue weighted by Gasteiger charge is -2.24. The largest absolute Gasteiger partial charge is 0.472 e. The highest BCUT2D eigenvalue weighted by molar-refractivity contribution is 7.47. The number of ether oxygens (including phenoxy) is 2. The average Bonchev–Trinajstić information content (AvgIpc) is 3.18. The summed E-state index contributed by atoms with van der Waals surface area (Å²) in [5, 5.41) is 0. The van der Waals surface area contributed by atoms with E-state index in [4.69, 9.17) is 18.5 Å². The third-order valence-electron chi connectivity index (χ3n) is 10.1. The molecule has 2 unspecified atom stereocenters. The molecule has 2 atom stereocenters. The molecule has 0 aromatic rings. The van der Waals surface area contributed by atoms with E-state index in [1.54, 1.807) is 0 Å². The quantitative estimate of drug-likeness (QED) is 0.0215. The summed E-state index contributed by atoms with van der Waals surface area (Å²) in [6, 6.07) is 0. The first-order valence-electron chi connectivity index (χ1n) is 23.9. The van der Waals surface area contributed by atoms with Gasteiger partial charge in [0, 0.05) is 13.0 Å². The first kappa shape index (κ1) is 56.5. The number of carbonyl (C=O) groups excluding carboxylic acids is 1. The Morgan fingerprint density at radius 2 is 0.948 bits per heavy atom. The molecule has 0 saturated carbocycles. The zero-order chi connectivity index (χ0) is 42.7. The van der Waals surface area contributed by atoms with Gasteiger partial charge in [-0.3, -0.25) is 13.8 Å². The van der Waals surface area contributed by atoms with E-state index in [0.29, 0.717) is 24.1 Å². The summed E-state index contributed by atoms with van der Waals surface area (Å²) in [6.07, 6.45) is 51.4. The van der Waals surface area contributed by atoms with Crippen LogP contribution in [0.2, 0.25) is 0 Å². The van der Waals surface area contributed by atoms with Gasteiger partial charge in [-0.2, -0.15) is 0 Å². The van der Waals surface area contributed by atoms with Crippen molar-refractivity contribution in [3.63, 3.8) is 0 Å². The number of nitrogens with zero attached hydrogens (tertiary/aromatic N) is 1. The van der Waals surface area contributed by atoms with Gasteiger partial charge in [-0.15, -0.1) is 0 Å². The van der Waals surface area contributed by atoms with Crippen molar-refractivity contribution in [3.8, 4) is 0 Å². The van der Waals surface area contributed by atoms with Crippen molar-refractivity contribution in [3.05, 3.63) is 48.6 Å². The van der Waals surface area contributed by atoms with Crippen molar-refractivity contribution in [1.82, 2.24) is 0 Å². The van der Waals surface area contributed by atoms with Gasteiger partial charge in [-0.25, -0.2) is 4.57 Å². The molecule has 0 radical (unpaired) electrons. The van der Waals surface area contributed by atoms with E-state index in [2.05, 4.69) is 62.5 Å². The van der Waals surface area contributed by atoms with Crippen LogP contribution in [-0.4, -0.2) is 75.6 Å². The molecular weight excluding hydrogens is 746 g/mol. The summed E-state index contributed by atoms with van der Waals surface area (Å²) in [4.78, 5) is 22.9. The molecule has 0 aromatic carbocycles. The molecule has 340 valence electrons. The maximum Gasteiger partial charge on any atom is 0.472 e. The smallest absolute Gasteiger partial charge is 0.457 e. The number of phosphoric ester groups is 1. The molecule has 0 aliphatic carbocycles. The van der Waals surface area contributed by atoms with Crippen LogP contribution in [0.25, 0.3) is 0 Å². The molecule has 0 aliphatic rings. The minimum atomic E-state index is -4.28. The van der Waals surface area contributed by atoms with Crippen LogP contribution in [0.3, 0.4) is 0 Å². The monoisotopic (exact) mass is 839 g/mol. The van der Waals surface area contributed by atoms with Gasteiger partial charge in [-0.05, 0) is 77.0 Å². The molecule has 0 aliphatic heterocycles. The van der Waals surface area contributed by atoms with Gasteiger partial charge < -0.3 is 18.9 Å². The van der Waals surface area contributed by atoms with Crippen LogP contribution < -0.4 is 0 Å². The van der Waals surface area contributed by atoms with Crippen LogP contribution in [0.5, 0.6) is 0 Å². The third-order valence-corrected chi connectivity index (χ3v) is 11.1. The topological polar surface area (TPSA) is 91.3 Å². The number of hydrogen-bond donors (Lipinski definition) is 1. The third kappa shape index (κ3) is 45.5. The molecule has 0 amide bonds. The molecule has 8 nitrogen and oxygen atoms in total. The van der Waals surface area contributed by atoms with Crippen LogP contribution in [0.4, 0.5) is 0 Å². The lowest BCUT2D eigenvalue weighted by atomic mass is 10.1. The molecule has 0 rings (SSSR count).